The number of fused-ring (bicyclic) bond motifs is 2. The Bertz CT molecular complexity index is 1920. The Morgan fingerprint density at radius 2 is 1.26 bits per heavy atom. The molecule has 5 rings (SSSR count). The molecule has 46 heavy (non-hydrogen) atoms. The number of carbonyl (C=O) groups excluding carboxylic acids is 3. The van der Waals surface area contributed by atoms with Crippen LogP contribution >= 0.6 is 0 Å². The van der Waals surface area contributed by atoms with Crippen molar-refractivity contribution in [2.24, 2.45) is 4.99 Å². The Morgan fingerprint density at radius 3 is 1.78 bits per heavy atom. The summed E-state index contributed by atoms with van der Waals surface area (Å²) < 4.78 is 10.4. The lowest BCUT2D eigenvalue weighted by Gasteiger charge is -2.23. The monoisotopic (exact) mass is 614 g/mol. The van der Waals surface area contributed by atoms with Gasteiger partial charge in [0, 0.05) is 40.8 Å². The number of benzene rings is 4. The molecule has 232 valence electrons. The maximum absolute atomic E-state index is 13.6. The largest absolute Gasteiger partial charge is 0.503 e. The Balaban J connectivity index is 1.40. The molecule has 4 aromatic carbocycles. The van der Waals surface area contributed by atoms with Gasteiger partial charge in [0.15, 0.2) is 5.76 Å². The zero-order chi connectivity index (χ0) is 32.8. The minimum absolute atomic E-state index is 0.131. The molecule has 8 heteroatoms. The first-order valence-corrected chi connectivity index (χ1v) is 14.8. The molecule has 4 aromatic rings. The normalized spacial score (nSPS) is 13.3. The predicted molar refractivity (Wildman–Crippen MR) is 180 cm³/mol. The zero-order valence-electron chi connectivity index (χ0n) is 25.8. The summed E-state index contributed by atoms with van der Waals surface area (Å²) in [5.41, 5.74) is 5.45. The highest BCUT2D eigenvalue weighted by molar-refractivity contribution is 6.54. The van der Waals surface area contributed by atoms with Crippen LogP contribution < -0.4 is 5.32 Å². The quantitative estimate of drug-likeness (QED) is 0.136. The number of aliphatic imine (C=N–C) groups is 1. The van der Waals surface area contributed by atoms with Gasteiger partial charge in [-0.25, -0.2) is 14.6 Å². The van der Waals surface area contributed by atoms with Crippen molar-refractivity contribution in [3.8, 4) is 0 Å². The summed E-state index contributed by atoms with van der Waals surface area (Å²) in [5, 5.41) is 16.4. The molecule has 0 atom stereocenters. The molecule has 2 N–H and O–H groups in total. The van der Waals surface area contributed by atoms with Gasteiger partial charge in [-0.2, -0.15) is 0 Å². The molecule has 0 fully saturated rings. The third-order valence-corrected chi connectivity index (χ3v) is 7.42. The minimum atomic E-state index is -0.600. The number of hydrogen-bond acceptors (Lipinski definition) is 8. The molecule has 0 heterocycles. The summed E-state index contributed by atoms with van der Waals surface area (Å²) in [6.45, 7) is 10.8. The second kappa shape index (κ2) is 13.9. The van der Waals surface area contributed by atoms with E-state index in [9.17, 15) is 19.5 Å². The van der Waals surface area contributed by atoms with Gasteiger partial charge in [-0.3, -0.25) is 4.79 Å². The maximum atomic E-state index is 13.6. The Labute approximate surface area is 267 Å². The van der Waals surface area contributed by atoms with Gasteiger partial charge in [0.1, 0.15) is 5.71 Å². The highest BCUT2D eigenvalue weighted by atomic mass is 16.5. The summed E-state index contributed by atoms with van der Waals surface area (Å²) in [6, 6.07) is 26.4. The van der Waals surface area contributed by atoms with Crippen molar-refractivity contribution in [2.75, 3.05) is 18.5 Å². The van der Waals surface area contributed by atoms with Crippen LogP contribution in [-0.2, 0) is 36.7 Å². The van der Waals surface area contributed by atoms with E-state index in [1.165, 1.54) is 0 Å². The lowest BCUT2D eigenvalue weighted by Crippen LogP contribution is -2.27. The molecule has 0 aliphatic heterocycles. The number of aliphatic hydroxyl groups excluding tert-OH is 1. The number of allylic oxidation sites excluding steroid dienone is 1. The molecule has 0 saturated heterocycles. The number of nitrogens with one attached hydrogen (secondary N) is 1. The van der Waals surface area contributed by atoms with Crippen LogP contribution in [0.5, 0.6) is 0 Å². The number of Topliss-reactive ketones (excluding diaryl/α,β-unsaturated/α-hetero) is 1. The molecule has 0 unspecified atom stereocenters. The summed E-state index contributed by atoms with van der Waals surface area (Å²) >= 11 is 0. The second-order valence-corrected chi connectivity index (χ2v) is 11.1. The Hall–Kier alpha value is -5.76. The van der Waals surface area contributed by atoms with Crippen molar-refractivity contribution in [1.82, 2.24) is 0 Å². The first-order valence-electron chi connectivity index (χ1n) is 14.8. The van der Waals surface area contributed by atoms with Crippen LogP contribution in [0.25, 0.3) is 16.5 Å². The van der Waals surface area contributed by atoms with E-state index in [0.717, 1.165) is 21.9 Å². The van der Waals surface area contributed by atoms with Crippen LogP contribution in [0.3, 0.4) is 0 Å². The van der Waals surface area contributed by atoms with Crippen molar-refractivity contribution < 1.29 is 29.0 Å². The summed E-state index contributed by atoms with van der Waals surface area (Å²) in [5.74, 6) is -1.89. The average molecular weight is 615 g/mol. The molecule has 0 amide bonds. The van der Waals surface area contributed by atoms with Gasteiger partial charge < -0.3 is 19.9 Å². The first kappa shape index (κ1) is 31.7. The van der Waals surface area contributed by atoms with Gasteiger partial charge in [-0.15, -0.1) is 0 Å². The number of ketones is 1. The molecule has 0 spiro atoms. The van der Waals surface area contributed by atoms with Crippen LogP contribution in [-0.4, -0.2) is 41.8 Å². The minimum Gasteiger partial charge on any atom is -0.503 e. The number of esters is 2. The Morgan fingerprint density at radius 1 is 0.761 bits per heavy atom. The van der Waals surface area contributed by atoms with Crippen LogP contribution in [0.2, 0.25) is 0 Å². The third kappa shape index (κ3) is 7.30. The van der Waals surface area contributed by atoms with Crippen LogP contribution in [0.15, 0.2) is 120 Å². The summed E-state index contributed by atoms with van der Waals surface area (Å²) in [6.07, 6.45) is 1.05. The SMILES string of the molecule is C=C(C)C(=O)OCCc1ccc(N=C2C(=O)C(O)=C(Nc3ccc(CCOC(=O)C(=C)C)cc3)c3cc4ccccc4cc32)cc1. The first-order chi connectivity index (χ1) is 22.1. The van der Waals surface area contributed by atoms with Gasteiger partial charge in [0.2, 0.25) is 5.78 Å². The maximum Gasteiger partial charge on any atom is 0.333 e. The zero-order valence-corrected chi connectivity index (χ0v) is 25.8. The van der Waals surface area contributed by atoms with E-state index in [2.05, 4.69) is 23.5 Å². The number of carbonyl (C=O) groups is 3. The van der Waals surface area contributed by atoms with Gasteiger partial charge in [0.25, 0.3) is 0 Å². The van der Waals surface area contributed by atoms with Gasteiger partial charge in [-0.1, -0.05) is 61.7 Å². The topological polar surface area (TPSA) is 114 Å². The van der Waals surface area contributed by atoms with Crippen LogP contribution in [0, 0.1) is 0 Å². The lowest BCUT2D eigenvalue weighted by molar-refractivity contribution is -0.139. The van der Waals surface area contributed by atoms with Crippen molar-refractivity contribution in [2.45, 2.75) is 26.7 Å². The number of hydrogen-bond donors (Lipinski definition) is 2. The second-order valence-electron chi connectivity index (χ2n) is 11.1. The van der Waals surface area contributed by atoms with E-state index in [-0.39, 0.29) is 24.6 Å². The van der Waals surface area contributed by atoms with Crippen molar-refractivity contribution in [3.05, 3.63) is 137 Å². The smallest absolute Gasteiger partial charge is 0.333 e. The number of anilines is 1. The standard InChI is InChI=1S/C38H34N2O6/c1-23(2)37(43)45-19-17-25-9-13-29(14-10-25)39-33-31-21-27-7-5-6-8-28(27)22-32(31)34(36(42)35(33)41)40-30-15-11-26(12-16-30)18-20-46-38(44)24(3)4/h5-16,21-22,39,41H,1,3,17-20H2,2,4H3. The van der Waals surface area contributed by atoms with E-state index in [1.54, 1.807) is 26.0 Å². The van der Waals surface area contributed by atoms with E-state index >= 15 is 0 Å². The van der Waals surface area contributed by atoms with Gasteiger partial charge in [0.05, 0.1) is 24.6 Å². The molecule has 8 nitrogen and oxygen atoms in total. The fourth-order valence-electron chi connectivity index (χ4n) is 4.89. The van der Waals surface area contributed by atoms with Crippen molar-refractivity contribution in [3.63, 3.8) is 0 Å². The molecule has 0 radical (unpaired) electrons. The molecule has 1 aliphatic rings. The van der Waals surface area contributed by atoms with Gasteiger partial charge in [-0.05, 0) is 72.1 Å². The van der Waals surface area contributed by atoms with E-state index in [4.69, 9.17) is 9.47 Å². The molecular weight excluding hydrogens is 580 g/mol. The molecule has 0 saturated carbocycles. The molecule has 0 bridgehead atoms. The predicted octanol–water partition coefficient (Wildman–Crippen LogP) is 7.21. The molecule has 0 aromatic heterocycles. The third-order valence-electron chi connectivity index (χ3n) is 7.42. The average Bonchev–Trinajstić information content (AvgIpc) is 3.05. The number of nitrogens with zero attached hydrogens (tertiary/aromatic N) is 1. The van der Waals surface area contributed by atoms with E-state index in [1.807, 2.05) is 72.8 Å². The van der Waals surface area contributed by atoms with Crippen molar-refractivity contribution >= 4 is 51.3 Å². The van der Waals surface area contributed by atoms with E-state index < -0.39 is 23.5 Å². The van der Waals surface area contributed by atoms with Gasteiger partial charge >= 0.3 is 11.9 Å². The highest BCUT2D eigenvalue weighted by Gasteiger charge is 2.32. The van der Waals surface area contributed by atoms with E-state index in [0.29, 0.717) is 46.5 Å². The highest BCUT2D eigenvalue weighted by Crippen LogP contribution is 2.34. The summed E-state index contributed by atoms with van der Waals surface area (Å²) in [4.78, 5) is 41.6. The molecular formula is C38H34N2O6. The number of aliphatic hydroxyl groups is 1. The Kier molecular flexibility index (Phi) is 9.57. The fourth-order valence-corrected chi connectivity index (χ4v) is 4.89. The van der Waals surface area contributed by atoms with Crippen LogP contribution in [0.1, 0.15) is 36.1 Å². The fraction of sp³-hybridized carbons (Fsp3) is 0.158. The molecule has 1 aliphatic carbocycles. The number of rotatable bonds is 11. The lowest BCUT2D eigenvalue weighted by atomic mass is 9.88. The number of ether oxygens (including phenoxy) is 2. The van der Waals surface area contributed by atoms with Crippen LogP contribution in [0.4, 0.5) is 11.4 Å². The van der Waals surface area contributed by atoms with Crippen molar-refractivity contribution in [1.29, 1.82) is 0 Å². The summed E-state index contributed by atoms with van der Waals surface area (Å²) in [7, 11) is 0.